The van der Waals surface area contributed by atoms with Crippen LogP contribution in [0.4, 0.5) is 5.69 Å². The van der Waals surface area contributed by atoms with E-state index in [2.05, 4.69) is 15.4 Å². The van der Waals surface area contributed by atoms with E-state index in [0.29, 0.717) is 0 Å². The molecule has 0 radical (unpaired) electrons. The van der Waals surface area contributed by atoms with Crippen LogP contribution in [0.5, 0.6) is 0 Å². The lowest BCUT2D eigenvalue weighted by atomic mass is 9.99. The van der Waals surface area contributed by atoms with Crippen molar-refractivity contribution in [2.45, 2.75) is 13.1 Å². The van der Waals surface area contributed by atoms with Gasteiger partial charge in [0.15, 0.2) is 0 Å². The third kappa shape index (κ3) is 2.46. The molecule has 0 bridgehead atoms. The predicted molar refractivity (Wildman–Crippen MR) is 96.1 cm³/mol. The molecular formula is C19H19N5O. The molecule has 25 heavy (non-hydrogen) atoms. The van der Waals surface area contributed by atoms with Gasteiger partial charge in [0.25, 0.3) is 5.91 Å². The number of pyridine rings is 1. The van der Waals surface area contributed by atoms with Crippen molar-refractivity contribution in [2.24, 2.45) is 7.05 Å². The van der Waals surface area contributed by atoms with Gasteiger partial charge in [0.05, 0.1) is 11.3 Å². The van der Waals surface area contributed by atoms with Crippen LogP contribution in [-0.4, -0.2) is 32.6 Å². The van der Waals surface area contributed by atoms with Crippen LogP contribution in [0.1, 0.15) is 27.7 Å². The fourth-order valence-electron chi connectivity index (χ4n) is 3.34. The Hall–Kier alpha value is -3.15. The third-order valence-electron chi connectivity index (χ3n) is 4.59. The first kappa shape index (κ1) is 15.4. The second kappa shape index (κ2) is 5.73. The Morgan fingerprint density at radius 3 is 2.64 bits per heavy atom. The van der Waals surface area contributed by atoms with Crippen molar-refractivity contribution >= 4 is 11.6 Å². The number of nitrogens with one attached hydrogen (secondary N) is 1. The van der Waals surface area contributed by atoms with Gasteiger partial charge >= 0.3 is 0 Å². The Kier molecular flexibility index (Phi) is 3.53. The van der Waals surface area contributed by atoms with Gasteiger partial charge in [0.2, 0.25) is 0 Å². The fourth-order valence-corrected chi connectivity index (χ4v) is 3.34. The Balaban J connectivity index is 1.83. The molecule has 3 aromatic rings. The summed E-state index contributed by atoms with van der Waals surface area (Å²) in [7, 11) is 3.70. The van der Waals surface area contributed by atoms with E-state index < -0.39 is 0 Å². The average Bonchev–Trinajstić information content (AvgIpc) is 3.00. The highest BCUT2D eigenvalue weighted by molar-refractivity contribution is 6.03. The van der Waals surface area contributed by atoms with Gasteiger partial charge in [-0.05, 0) is 30.7 Å². The molecule has 1 aliphatic heterocycles. The van der Waals surface area contributed by atoms with E-state index in [-0.39, 0.29) is 12.1 Å². The van der Waals surface area contributed by atoms with E-state index in [1.165, 1.54) is 0 Å². The molecule has 1 atom stereocenters. The summed E-state index contributed by atoms with van der Waals surface area (Å²) in [4.78, 5) is 18.7. The number of rotatable bonds is 2. The largest absolute Gasteiger partial charge is 0.361 e. The SMILES string of the molecule is Cc1cccc2c1C(=O)N(C)[C@@H](c1cn(C)nc1-c1ccncc1)N2. The first-order valence-electron chi connectivity index (χ1n) is 8.13. The molecule has 0 saturated carbocycles. The highest BCUT2D eigenvalue weighted by atomic mass is 16.2. The quantitative estimate of drug-likeness (QED) is 0.783. The molecule has 0 spiro atoms. The van der Waals surface area contributed by atoms with E-state index in [0.717, 1.165) is 33.6 Å². The Bertz CT molecular complexity index is 948. The van der Waals surface area contributed by atoms with Crippen LogP contribution in [-0.2, 0) is 7.05 Å². The maximum Gasteiger partial charge on any atom is 0.257 e. The van der Waals surface area contributed by atoms with Crippen LogP contribution in [0.2, 0.25) is 0 Å². The zero-order chi connectivity index (χ0) is 17.6. The molecule has 126 valence electrons. The number of carbonyl (C=O) groups excluding carboxylic acids is 1. The molecule has 0 unspecified atom stereocenters. The molecule has 2 aromatic heterocycles. The van der Waals surface area contributed by atoms with Crippen molar-refractivity contribution in [2.75, 3.05) is 12.4 Å². The second-order valence-corrected chi connectivity index (χ2v) is 6.30. The van der Waals surface area contributed by atoms with Crippen LogP contribution < -0.4 is 5.32 Å². The molecule has 0 fully saturated rings. The number of aryl methyl sites for hydroxylation is 2. The third-order valence-corrected chi connectivity index (χ3v) is 4.59. The minimum atomic E-state index is -0.279. The monoisotopic (exact) mass is 333 g/mol. The van der Waals surface area contributed by atoms with E-state index >= 15 is 0 Å². The molecule has 4 rings (SSSR count). The molecule has 1 aliphatic rings. The Labute approximate surface area is 146 Å². The van der Waals surface area contributed by atoms with Gasteiger partial charge in [0.1, 0.15) is 6.17 Å². The van der Waals surface area contributed by atoms with E-state index in [1.54, 1.807) is 22.0 Å². The highest BCUT2D eigenvalue weighted by Gasteiger charge is 2.33. The van der Waals surface area contributed by atoms with Gasteiger partial charge in [-0.25, -0.2) is 0 Å². The van der Waals surface area contributed by atoms with E-state index in [9.17, 15) is 4.79 Å². The smallest absolute Gasteiger partial charge is 0.257 e. The molecule has 1 N–H and O–H groups in total. The zero-order valence-electron chi connectivity index (χ0n) is 14.4. The maximum absolute atomic E-state index is 12.9. The summed E-state index contributed by atoms with van der Waals surface area (Å²) in [6.07, 6.45) is 5.17. The Morgan fingerprint density at radius 2 is 1.88 bits per heavy atom. The summed E-state index contributed by atoms with van der Waals surface area (Å²) in [6, 6.07) is 9.72. The van der Waals surface area contributed by atoms with Crippen LogP contribution in [0.25, 0.3) is 11.3 Å². The number of amides is 1. The van der Waals surface area contributed by atoms with Crippen molar-refractivity contribution in [1.82, 2.24) is 19.7 Å². The minimum absolute atomic E-state index is 0.0152. The second-order valence-electron chi connectivity index (χ2n) is 6.30. The average molecular weight is 333 g/mol. The van der Waals surface area contributed by atoms with Crippen molar-refractivity contribution in [1.29, 1.82) is 0 Å². The molecule has 1 aromatic carbocycles. The predicted octanol–water partition coefficient (Wildman–Crippen LogP) is 2.99. The number of carbonyl (C=O) groups is 1. The topological polar surface area (TPSA) is 63.1 Å². The van der Waals surface area contributed by atoms with Gasteiger partial charge < -0.3 is 10.2 Å². The highest BCUT2D eigenvalue weighted by Crippen LogP contribution is 2.36. The summed E-state index contributed by atoms with van der Waals surface area (Å²) >= 11 is 0. The lowest BCUT2D eigenvalue weighted by Crippen LogP contribution is -2.40. The molecule has 0 saturated heterocycles. The maximum atomic E-state index is 12.9. The lowest BCUT2D eigenvalue weighted by molar-refractivity contribution is 0.0735. The van der Waals surface area contributed by atoms with Crippen LogP contribution in [0, 0.1) is 6.92 Å². The number of fused-ring (bicyclic) bond motifs is 1. The number of aromatic nitrogens is 3. The fraction of sp³-hybridized carbons (Fsp3) is 0.211. The van der Waals surface area contributed by atoms with Crippen molar-refractivity contribution in [3.8, 4) is 11.3 Å². The van der Waals surface area contributed by atoms with Gasteiger partial charge in [-0.2, -0.15) is 5.10 Å². The van der Waals surface area contributed by atoms with Gasteiger partial charge in [-0.15, -0.1) is 0 Å². The first-order valence-corrected chi connectivity index (χ1v) is 8.13. The molecule has 3 heterocycles. The molecular weight excluding hydrogens is 314 g/mol. The lowest BCUT2D eigenvalue weighted by Gasteiger charge is -2.36. The summed E-state index contributed by atoms with van der Waals surface area (Å²) in [5, 5.41) is 8.09. The molecule has 6 nitrogen and oxygen atoms in total. The summed E-state index contributed by atoms with van der Waals surface area (Å²) in [5.74, 6) is 0.0152. The van der Waals surface area contributed by atoms with Crippen LogP contribution >= 0.6 is 0 Å². The van der Waals surface area contributed by atoms with Crippen molar-refractivity contribution in [3.05, 3.63) is 65.6 Å². The van der Waals surface area contributed by atoms with Gasteiger partial charge in [0, 0.05) is 49.5 Å². The summed E-state index contributed by atoms with van der Waals surface area (Å²) in [6.45, 7) is 1.96. The number of nitrogens with zero attached hydrogens (tertiary/aromatic N) is 4. The standard InChI is InChI=1S/C19H19N5O/c1-12-5-4-6-15-16(12)19(25)24(3)18(21-15)14-11-23(2)22-17(14)13-7-9-20-10-8-13/h4-11,18,21H,1-3H3/t18-/m0/s1. The molecule has 6 heteroatoms. The van der Waals surface area contributed by atoms with Gasteiger partial charge in [-0.3, -0.25) is 14.5 Å². The van der Waals surface area contributed by atoms with Crippen molar-refractivity contribution in [3.63, 3.8) is 0 Å². The molecule has 1 amide bonds. The van der Waals surface area contributed by atoms with Crippen molar-refractivity contribution < 1.29 is 4.79 Å². The Morgan fingerprint density at radius 1 is 1.12 bits per heavy atom. The van der Waals surface area contributed by atoms with Crippen LogP contribution in [0.15, 0.2) is 48.9 Å². The zero-order valence-corrected chi connectivity index (χ0v) is 14.4. The first-order chi connectivity index (χ1) is 12.1. The van der Waals surface area contributed by atoms with E-state index in [4.69, 9.17) is 0 Å². The normalized spacial score (nSPS) is 16.5. The number of anilines is 1. The summed E-state index contributed by atoms with van der Waals surface area (Å²) in [5.41, 5.74) is 5.34. The number of hydrogen-bond donors (Lipinski definition) is 1. The van der Waals surface area contributed by atoms with Gasteiger partial charge in [-0.1, -0.05) is 12.1 Å². The number of hydrogen-bond acceptors (Lipinski definition) is 4. The number of benzene rings is 1. The molecule has 0 aliphatic carbocycles. The summed E-state index contributed by atoms with van der Waals surface area (Å²) < 4.78 is 1.77. The van der Waals surface area contributed by atoms with Crippen LogP contribution in [0.3, 0.4) is 0 Å². The minimum Gasteiger partial charge on any atom is -0.361 e. The van der Waals surface area contributed by atoms with E-state index in [1.807, 2.05) is 57.5 Å².